The minimum atomic E-state index is -3.68. The molecule has 152 valence electrons. The van der Waals surface area contributed by atoms with Gasteiger partial charge in [0.15, 0.2) is 5.82 Å². The molecule has 0 bridgehead atoms. The number of halogens is 4. The number of aliphatic carboxylic acids is 1. The van der Waals surface area contributed by atoms with Crippen LogP contribution >= 0.6 is 43.5 Å². The highest BCUT2D eigenvalue weighted by Gasteiger charge is 2.17. The van der Waals surface area contributed by atoms with E-state index in [4.69, 9.17) is 21.4 Å². The van der Waals surface area contributed by atoms with Crippen molar-refractivity contribution in [3.8, 4) is 5.75 Å². The number of ether oxygens (including phenoxy) is 1. The lowest BCUT2D eigenvalue weighted by Crippen LogP contribution is -2.16. The summed E-state index contributed by atoms with van der Waals surface area (Å²) in [5.74, 6) is -1.65. The number of hydrogen-bond acceptors (Lipinski definition) is 4. The zero-order valence-corrected chi connectivity index (χ0v) is 19.2. The minimum Gasteiger partial charge on any atom is -0.486 e. The van der Waals surface area contributed by atoms with Crippen molar-refractivity contribution in [2.24, 2.45) is 0 Å². The van der Waals surface area contributed by atoms with Crippen molar-refractivity contribution < 1.29 is 27.4 Å². The van der Waals surface area contributed by atoms with E-state index in [2.05, 4.69) is 36.6 Å². The van der Waals surface area contributed by atoms with Crippen molar-refractivity contribution in [2.45, 2.75) is 20.0 Å². The molecule has 0 radical (unpaired) electrons. The highest BCUT2D eigenvalue weighted by Crippen LogP contribution is 2.36. The second-order valence-corrected chi connectivity index (χ2v) is 9.84. The molecule has 28 heavy (non-hydrogen) atoms. The standard InChI is InChI=1S/C17H15Br2ClFNO5S/c1-2-28(25,26)22-14-7-11(20)6-10(16(14)21)8-27-17-12(18)3-9(4-13(17)19)5-15(23)24/h3-4,6-7,22H,2,5,8H2,1H3,(H,23,24). The van der Waals surface area contributed by atoms with Crippen molar-refractivity contribution in [2.75, 3.05) is 10.5 Å². The van der Waals surface area contributed by atoms with Gasteiger partial charge in [0.05, 0.1) is 26.8 Å². The van der Waals surface area contributed by atoms with E-state index in [1.54, 1.807) is 12.1 Å². The van der Waals surface area contributed by atoms with E-state index in [1.807, 2.05) is 0 Å². The summed E-state index contributed by atoms with van der Waals surface area (Å²) < 4.78 is 46.9. The summed E-state index contributed by atoms with van der Waals surface area (Å²) in [7, 11) is -3.68. The third-order valence-corrected chi connectivity index (χ3v) is 6.23. The second-order valence-electron chi connectivity index (χ2n) is 5.68. The molecule has 0 aliphatic rings. The number of anilines is 1. The van der Waals surface area contributed by atoms with Crippen molar-refractivity contribution in [1.82, 2.24) is 0 Å². The molecule has 2 rings (SSSR count). The Morgan fingerprint density at radius 2 is 1.86 bits per heavy atom. The molecule has 11 heteroatoms. The molecule has 0 fully saturated rings. The molecule has 2 N–H and O–H groups in total. The highest BCUT2D eigenvalue weighted by molar-refractivity contribution is 9.11. The summed E-state index contributed by atoms with van der Waals surface area (Å²) in [5, 5.41) is 9.03. The van der Waals surface area contributed by atoms with Crippen LogP contribution in [0.5, 0.6) is 5.75 Å². The van der Waals surface area contributed by atoms with E-state index >= 15 is 0 Å². The van der Waals surface area contributed by atoms with Gasteiger partial charge in [0.1, 0.15) is 12.4 Å². The first-order valence-corrected chi connectivity index (χ1v) is 11.4. The number of carboxylic acids is 1. The van der Waals surface area contributed by atoms with Crippen molar-refractivity contribution >= 4 is 65.1 Å². The Kier molecular flexibility index (Phi) is 7.72. The number of benzene rings is 2. The van der Waals surface area contributed by atoms with Crippen LogP contribution in [0.3, 0.4) is 0 Å². The normalized spacial score (nSPS) is 11.3. The molecular weight excluding hydrogens is 545 g/mol. The van der Waals surface area contributed by atoms with Crippen LogP contribution in [0.4, 0.5) is 10.1 Å². The van der Waals surface area contributed by atoms with Crippen LogP contribution in [-0.4, -0.2) is 25.2 Å². The van der Waals surface area contributed by atoms with Gasteiger partial charge in [-0.2, -0.15) is 0 Å². The first-order valence-electron chi connectivity index (χ1n) is 7.83. The maximum atomic E-state index is 14.7. The van der Waals surface area contributed by atoms with Gasteiger partial charge in [0, 0.05) is 10.6 Å². The molecule has 0 saturated heterocycles. The predicted octanol–water partition coefficient (Wildman–Crippen LogP) is 4.97. The summed E-state index contributed by atoms with van der Waals surface area (Å²) in [6.07, 6.45) is -0.165. The summed E-state index contributed by atoms with van der Waals surface area (Å²) >= 11 is 12.6. The smallest absolute Gasteiger partial charge is 0.307 e. The Morgan fingerprint density at radius 3 is 2.39 bits per heavy atom. The van der Waals surface area contributed by atoms with Gasteiger partial charge in [-0.05, 0) is 68.6 Å². The van der Waals surface area contributed by atoms with Gasteiger partial charge < -0.3 is 9.84 Å². The van der Waals surface area contributed by atoms with E-state index in [1.165, 1.54) is 19.1 Å². The molecule has 2 aromatic rings. The van der Waals surface area contributed by atoms with Gasteiger partial charge in [-0.15, -0.1) is 0 Å². The largest absolute Gasteiger partial charge is 0.486 e. The fourth-order valence-corrected chi connectivity index (χ4v) is 4.62. The molecule has 0 atom stereocenters. The number of hydrogen-bond donors (Lipinski definition) is 2. The first kappa shape index (κ1) is 22.9. The zero-order valence-electron chi connectivity index (χ0n) is 14.4. The van der Waals surface area contributed by atoms with E-state index in [9.17, 15) is 17.6 Å². The average Bonchev–Trinajstić information content (AvgIpc) is 2.57. The first-order chi connectivity index (χ1) is 13.0. The van der Waals surface area contributed by atoms with Crippen LogP contribution < -0.4 is 9.46 Å². The lowest BCUT2D eigenvalue weighted by Gasteiger charge is -2.14. The lowest BCUT2D eigenvalue weighted by molar-refractivity contribution is -0.136. The maximum absolute atomic E-state index is 14.7. The van der Waals surface area contributed by atoms with Crippen LogP contribution in [0.15, 0.2) is 33.2 Å². The minimum absolute atomic E-state index is 0.0507. The van der Waals surface area contributed by atoms with Gasteiger partial charge >= 0.3 is 5.97 Å². The van der Waals surface area contributed by atoms with Crippen LogP contribution in [0, 0.1) is 5.82 Å². The molecule has 0 unspecified atom stereocenters. The third kappa shape index (κ3) is 6.07. The second kappa shape index (κ2) is 9.43. The summed E-state index contributed by atoms with van der Waals surface area (Å²) in [4.78, 5) is 10.8. The molecule has 0 aromatic heterocycles. The quantitative estimate of drug-likeness (QED) is 0.477. The van der Waals surface area contributed by atoms with E-state index < -0.39 is 21.8 Å². The molecule has 0 spiro atoms. The van der Waals surface area contributed by atoms with Gasteiger partial charge in [0.2, 0.25) is 10.0 Å². The monoisotopic (exact) mass is 557 g/mol. The maximum Gasteiger partial charge on any atom is 0.307 e. The van der Waals surface area contributed by atoms with Crippen LogP contribution in [0.1, 0.15) is 18.1 Å². The van der Waals surface area contributed by atoms with Crippen molar-refractivity contribution in [1.29, 1.82) is 0 Å². The number of carboxylic acid groups (broad SMARTS) is 1. The Hall–Kier alpha value is -1.36. The molecular formula is C17H15Br2ClFNO5S. The van der Waals surface area contributed by atoms with Gasteiger partial charge in [-0.3, -0.25) is 9.52 Å². The van der Waals surface area contributed by atoms with Crippen LogP contribution in [-0.2, 0) is 27.8 Å². The van der Waals surface area contributed by atoms with E-state index in [-0.39, 0.29) is 35.1 Å². The Labute approximate surface area is 183 Å². The molecule has 0 heterocycles. The summed E-state index contributed by atoms with van der Waals surface area (Å²) in [5.41, 5.74) is 0.335. The summed E-state index contributed by atoms with van der Waals surface area (Å²) in [6.45, 7) is 1.20. The van der Waals surface area contributed by atoms with Crippen molar-refractivity contribution in [3.05, 3.63) is 55.2 Å². The SMILES string of the molecule is CCS(=O)(=O)Nc1cc(Cl)cc(COc2c(Br)cc(CC(=O)O)cc2Br)c1F. The zero-order chi connectivity index (χ0) is 21.1. The molecule has 0 saturated carbocycles. The van der Waals surface area contributed by atoms with Gasteiger partial charge in [0.25, 0.3) is 0 Å². The average molecular weight is 560 g/mol. The fourth-order valence-electron chi connectivity index (χ4n) is 2.24. The number of rotatable bonds is 8. The molecule has 0 aliphatic carbocycles. The lowest BCUT2D eigenvalue weighted by atomic mass is 10.1. The van der Waals surface area contributed by atoms with Crippen LogP contribution in [0.2, 0.25) is 5.02 Å². The predicted molar refractivity (Wildman–Crippen MR) is 112 cm³/mol. The van der Waals surface area contributed by atoms with E-state index in [0.29, 0.717) is 20.3 Å². The van der Waals surface area contributed by atoms with Crippen molar-refractivity contribution in [3.63, 3.8) is 0 Å². The molecule has 0 aliphatic heterocycles. The molecule has 0 amide bonds. The molecule has 6 nitrogen and oxygen atoms in total. The number of carbonyl (C=O) groups is 1. The Balaban J connectivity index is 2.28. The van der Waals surface area contributed by atoms with Gasteiger partial charge in [-0.1, -0.05) is 11.6 Å². The van der Waals surface area contributed by atoms with E-state index in [0.717, 1.165) is 0 Å². The third-order valence-electron chi connectivity index (χ3n) is 3.54. The van der Waals surface area contributed by atoms with Gasteiger partial charge in [-0.25, -0.2) is 12.8 Å². The summed E-state index contributed by atoms with van der Waals surface area (Å²) in [6, 6.07) is 5.69. The number of sulfonamides is 1. The Bertz CT molecular complexity index is 994. The highest BCUT2D eigenvalue weighted by atomic mass is 79.9. The van der Waals surface area contributed by atoms with Crippen LogP contribution in [0.25, 0.3) is 0 Å². The molecule has 2 aromatic carbocycles. The fraction of sp³-hybridized carbons (Fsp3) is 0.235. The topological polar surface area (TPSA) is 92.7 Å². The Morgan fingerprint density at radius 1 is 1.25 bits per heavy atom. The number of nitrogens with one attached hydrogen (secondary N) is 1.